The van der Waals surface area contributed by atoms with Crippen molar-refractivity contribution in [1.29, 1.82) is 0 Å². The third kappa shape index (κ3) is 1.53. The smallest absolute Gasteiger partial charge is 0.140 e. The van der Waals surface area contributed by atoms with Gasteiger partial charge in [-0.15, -0.1) is 0 Å². The van der Waals surface area contributed by atoms with Gasteiger partial charge in [0.05, 0.1) is 0 Å². The molecule has 0 aliphatic heterocycles. The lowest BCUT2D eigenvalue weighted by molar-refractivity contribution is 0.588. The van der Waals surface area contributed by atoms with E-state index >= 15 is 0 Å². The van der Waals surface area contributed by atoms with Crippen molar-refractivity contribution in [3.8, 4) is 0 Å². The van der Waals surface area contributed by atoms with Crippen molar-refractivity contribution in [2.24, 2.45) is 0 Å². The van der Waals surface area contributed by atoms with Gasteiger partial charge in [0.2, 0.25) is 0 Å². The van der Waals surface area contributed by atoms with E-state index in [1.165, 1.54) is 23.8 Å². The molecular formula is C14H18N2. The maximum atomic E-state index is 4.63. The van der Waals surface area contributed by atoms with Gasteiger partial charge in [0.1, 0.15) is 5.65 Å². The predicted molar refractivity (Wildman–Crippen MR) is 66.7 cm³/mol. The van der Waals surface area contributed by atoms with Crippen molar-refractivity contribution in [2.45, 2.75) is 45.1 Å². The Balaban J connectivity index is 2.13. The molecule has 0 aromatic carbocycles. The van der Waals surface area contributed by atoms with Crippen LogP contribution in [0.3, 0.4) is 0 Å². The number of hydrogen-bond acceptors (Lipinski definition) is 1. The van der Waals surface area contributed by atoms with Crippen LogP contribution in [0.4, 0.5) is 0 Å². The standard InChI is InChI=1S/C14H18N2/c1-14(2,3)11-8-10-6-7-16(12-4-5-12)13(10)15-9-11/h6-9,12H,4-5H2,1-3H3. The molecule has 0 unspecified atom stereocenters. The van der Waals surface area contributed by atoms with Crippen LogP contribution in [0.2, 0.25) is 0 Å². The quantitative estimate of drug-likeness (QED) is 0.708. The van der Waals surface area contributed by atoms with E-state index in [0.29, 0.717) is 6.04 Å². The highest BCUT2D eigenvalue weighted by Crippen LogP contribution is 2.37. The van der Waals surface area contributed by atoms with Crippen molar-refractivity contribution in [2.75, 3.05) is 0 Å². The van der Waals surface area contributed by atoms with E-state index < -0.39 is 0 Å². The first-order valence-corrected chi connectivity index (χ1v) is 6.03. The fraction of sp³-hybridized carbons (Fsp3) is 0.500. The highest BCUT2D eigenvalue weighted by Gasteiger charge is 2.25. The Bertz CT molecular complexity index is 527. The second-order valence-electron chi connectivity index (χ2n) is 5.84. The van der Waals surface area contributed by atoms with Crippen LogP contribution in [0.25, 0.3) is 11.0 Å². The van der Waals surface area contributed by atoms with E-state index in [-0.39, 0.29) is 5.41 Å². The maximum Gasteiger partial charge on any atom is 0.140 e. The van der Waals surface area contributed by atoms with E-state index in [1.54, 1.807) is 0 Å². The molecule has 2 heteroatoms. The minimum Gasteiger partial charge on any atom is -0.329 e. The molecule has 0 N–H and O–H groups in total. The Morgan fingerprint density at radius 1 is 1.31 bits per heavy atom. The van der Waals surface area contributed by atoms with Crippen molar-refractivity contribution in [3.63, 3.8) is 0 Å². The van der Waals surface area contributed by atoms with E-state index in [2.05, 4.69) is 48.7 Å². The van der Waals surface area contributed by atoms with Crippen molar-refractivity contribution in [3.05, 3.63) is 30.1 Å². The molecule has 2 aromatic rings. The van der Waals surface area contributed by atoms with E-state index in [1.807, 2.05) is 6.20 Å². The van der Waals surface area contributed by atoms with Crippen LogP contribution in [-0.2, 0) is 5.41 Å². The zero-order chi connectivity index (χ0) is 11.3. The third-order valence-electron chi connectivity index (χ3n) is 3.36. The molecule has 0 saturated heterocycles. The Hall–Kier alpha value is -1.31. The number of rotatable bonds is 1. The van der Waals surface area contributed by atoms with Gasteiger partial charge in [-0.3, -0.25) is 0 Å². The van der Waals surface area contributed by atoms with Crippen LogP contribution in [0, 0.1) is 0 Å². The molecule has 1 aliphatic rings. The Kier molecular flexibility index (Phi) is 1.91. The normalized spacial score (nSPS) is 16.9. The second kappa shape index (κ2) is 3.09. The summed E-state index contributed by atoms with van der Waals surface area (Å²) in [6.45, 7) is 6.69. The van der Waals surface area contributed by atoms with Gasteiger partial charge in [0, 0.05) is 23.8 Å². The first-order chi connectivity index (χ1) is 7.55. The Labute approximate surface area is 96.3 Å². The second-order valence-corrected chi connectivity index (χ2v) is 5.84. The number of fused-ring (bicyclic) bond motifs is 1. The average Bonchev–Trinajstić information content (AvgIpc) is 2.96. The van der Waals surface area contributed by atoms with Crippen LogP contribution in [0.15, 0.2) is 24.5 Å². The molecule has 1 fully saturated rings. The van der Waals surface area contributed by atoms with Gasteiger partial charge in [-0.05, 0) is 36.0 Å². The van der Waals surface area contributed by atoms with Crippen molar-refractivity contribution < 1.29 is 0 Å². The SMILES string of the molecule is CC(C)(C)c1cnc2c(ccn2C2CC2)c1. The summed E-state index contributed by atoms with van der Waals surface area (Å²) in [5.41, 5.74) is 2.65. The minimum atomic E-state index is 0.183. The summed E-state index contributed by atoms with van der Waals surface area (Å²) in [5.74, 6) is 0. The first kappa shape index (κ1) is 9.88. The largest absolute Gasteiger partial charge is 0.329 e. The van der Waals surface area contributed by atoms with Crippen LogP contribution >= 0.6 is 0 Å². The fourth-order valence-corrected chi connectivity index (χ4v) is 2.10. The fourth-order valence-electron chi connectivity index (χ4n) is 2.10. The lowest BCUT2D eigenvalue weighted by Crippen LogP contribution is -2.11. The molecule has 3 rings (SSSR count). The molecule has 2 aromatic heterocycles. The molecular weight excluding hydrogens is 196 g/mol. The lowest BCUT2D eigenvalue weighted by atomic mass is 9.88. The monoisotopic (exact) mass is 214 g/mol. The van der Waals surface area contributed by atoms with E-state index in [9.17, 15) is 0 Å². The Morgan fingerprint density at radius 2 is 2.06 bits per heavy atom. The molecule has 1 aliphatic carbocycles. The van der Waals surface area contributed by atoms with Gasteiger partial charge < -0.3 is 4.57 Å². The maximum absolute atomic E-state index is 4.63. The van der Waals surface area contributed by atoms with Gasteiger partial charge in [0.25, 0.3) is 0 Å². The van der Waals surface area contributed by atoms with E-state index in [0.717, 1.165) is 5.65 Å². The molecule has 2 heterocycles. The highest BCUT2D eigenvalue weighted by molar-refractivity contribution is 5.77. The molecule has 0 bridgehead atoms. The van der Waals surface area contributed by atoms with Crippen LogP contribution < -0.4 is 0 Å². The van der Waals surface area contributed by atoms with Crippen molar-refractivity contribution in [1.82, 2.24) is 9.55 Å². The predicted octanol–water partition coefficient (Wildman–Crippen LogP) is 3.67. The molecule has 0 atom stereocenters. The lowest BCUT2D eigenvalue weighted by Gasteiger charge is -2.18. The summed E-state index contributed by atoms with van der Waals surface area (Å²) in [6.07, 6.45) is 6.84. The number of hydrogen-bond donors (Lipinski definition) is 0. The van der Waals surface area contributed by atoms with Gasteiger partial charge in [-0.25, -0.2) is 4.98 Å². The molecule has 1 saturated carbocycles. The molecule has 0 radical (unpaired) electrons. The highest BCUT2D eigenvalue weighted by atomic mass is 15.1. The van der Waals surface area contributed by atoms with Gasteiger partial charge in [0.15, 0.2) is 0 Å². The summed E-state index contributed by atoms with van der Waals surface area (Å²) in [7, 11) is 0. The minimum absolute atomic E-state index is 0.183. The van der Waals surface area contributed by atoms with Crippen molar-refractivity contribution >= 4 is 11.0 Å². The van der Waals surface area contributed by atoms with Crippen LogP contribution in [0.5, 0.6) is 0 Å². The zero-order valence-electron chi connectivity index (χ0n) is 10.2. The summed E-state index contributed by atoms with van der Waals surface area (Å²) in [6, 6.07) is 5.18. The number of nitrogens with zero attached hydrogens (tertiary/aromatic N) is 2. The van der Waals surface area contributed by atoms with Crippen LogP contribution in [-0.4, -0.2) is 9.55 Å². The van der Waals surface area contributed by atoms with Crippen LogP contribution in [0.1, 0.15) is 45.2 Å². The molecule has 16 heavy (non-hydrogen) atoms. The summed E-state index contributed by atoms with van der Waals surface area (Å²) in [5, 5.41) is 1.28. The molecule has 0 spiro atoms. The molecule has 2 nitrogen and oxygen atoms in total. The summed E-state index contributed by atoms with van der Waals surface area (Å²) < 4.78 is 2.32. The molecule has 84 valence electrons. The number of pyridine rings is 1. The van der Waals surface area contributed by atoms with Gasteiger partial charge in [-0.2, -0.15) is 0 Å². The topological polar surface area (TPSA) is 17.8 Å². The Morgan fingerprint density at radius 3 is 2.69 bits per heavy atom. The zero-order valence-corrected chi connectivity index (χ0v) is 10.2. The third-order valence-corrected chi connectivity index (χ3v) is 3.36. The van der Waals surface area contributed by atoms with Gasteiger partial charge in [-0.1, -0.05) is 20.8 Å². The van der Waals surface area contributed by atoms with E-state index in [4.69, 9.17) is 0 Å². The summed E-state index contributed by atoms with van der Waals surface area (Å²) in [4.78, 5) is 4.63. The average molecular weight is 214 g/mol. The summed E-state index contributed by atoms with van der Waals surface area (Å²) >= 11 is 0. The number of aromatic nitrogens is 2. The molecule has 0 amide bonds. The van der Waals surface area contributed by atoms with Gasteiger partial charge >= 0.3 is 0 Å². The first-order valence-electron chi connectivity index (χ1n) is 6.03.